The zero-order chi connectivity index (χ0) is 14.5. The molecule has 1 aromatic carbocycles. The minimum Gasteiger partial charge on any atom is -0.366 e. The van der Waals surface area contributed by atoms with Crippen LogP contribution in [0.5, 0.6) is 0 Å². The standard InChI is InChI=1S/C14H18N4O2/c1-9(2)7-16-8-12-17-14(18-20-12)11-5-3-4-10(6-11)13(15)19/h3-6,9,16H,7-8H2,1-2H3,(H2,15,19). The zero-order valence-corrected chi connectivity index (χ0v) is 11.6. The van der Waals surface area contributed by atoms with Crippen LogP contribution < -0.4 is 11.1 Å². The van der Waals surface area contributed by atoms with Gasteiger partial charge in [-0.3, -0.25) is 4.79 Å². The number of primary amides is 1. The predicted molar refractivity (Wildman–Crippen MR) is 74.8 cm³/mol. The first-order valence-electron chi connectivity index (χ1n) is 6.50. The fourth-order valence-corrected chi connectivity index (χ4v) is 1.72. The van der Waals surface area contributed by atoms with Gasteiger partial charge >= 0.3 is 0 Å². The van der Waals surface area contributed by atoms with Crippen molar-refractivity contribution in [1.29, 1.82) is 0 Å². The summed E-state index contributed by atoms with van der Waals surface area (Å²) >= 11 is 0. The van der Waals surface area contributed by atoms with Crippen LogP contribution in [0, 0.1) is 5.92 Å². The van der Waals surface area contributed by atoms with Crippen molar-refractivity contribution in [2.75, 3.05) is 6.54 Å². The van der Waals surface area contributed by atoms with Crippen molar-refractivity contribution in [1.82, 2.24) is 15.5 Å². The van der Waals surface area contributed by atoms with Crippen LogP contribution in [0.2, 0.25) is 0 Å². The van der Waals surface area contributed by atoms with Crippen molar-refractivity contribution in [3.8, 4) is 11.4 Å². The quantitative estimate of drug-likeness (QED) is 0.834. The molecule has 0 spiro atoms. The Kier molecular flexibility index (Phi) is 4.47. The van der Waals surface area contributed by atoms with Crippen molar-refractivity contribution in [3.05, 3.63) is 35.7 Å². The Morgan fingerprint density at radius 1 is 1.45 bits per heavy atom. The number of nitrogens with one attached hydrogen (secondary N) is 1. The van der Waals surface area contributed by atoms with Gasteiger partial charge in [-0.25, -0.2) is 0 Å². The Hall–Kier alpha value is -2.21. The molecule has 1 amide bonds. The molecule has 0 bridgehead atoms. The highest BCUT2D eigenvalue weighted by atomic mass is 16.5. The molecule has 6 nitrogen and oxygen atoms in total. The smallest absolute Gasteiger partial charge is 0.248 e. The van der Waals surface area contributed by atoms with E-state index in [2.05, 4.69) is 29.3 Å². The van der Waals surface area contributed by atoms with Crippen LogP contribution in [-0.4, -0.2) is 22.6 Å². The molecular weight excluding hydrogens is 256 g/mol. The van der Waals surface area contributed by atoms with E-state index in [1.807, 2.05) is 6.07 Å². The number of nitrogens with two attached hydrogens (primary N) is 1. The van der Waals surface area contributed by atoms with Gasteiger partial charge in [-0.2, -0.15) is 4.98 Å². The third-order valence-electron chi connectivity index (χ3n) is 2.70. The Labute approximate surface area is 117 Å². The molecule has 2 rings (SSSR count). The maximum Gasteiger partial charge on any atom is 0.248 e. The normalized spacial score (nSPS) is 10.9. The number of aromatic nitrogens is 2. The Morgan fingerprint density at radius 2 is 2.25 bits per heavy atom. The van der Waals surface area contributed by atoms with Crippen LogP contribution in [0.4, 0.5) is 0 Å². The van der Waals surface area contributed by atoms with E-state index >= 15 is 0 Å². The summed E-state index contributed by atoms with van der Waals surface area (Å²) in [5.41, 5.74) is 6.38. The summed E-state index contributed by atoms with van der Waals surface area (Å²) in [5.74, 6) is 1.05. The molecule has 3 N–H and O–H groups in total. The first-order valence-corrected chi connectivity index (χ1v) is 6.50. The molecule has 6 heteroatoms. The van der Waals surface area contributed by atoms with E-state index in [0.29, 0.717) is 35.3 Å². The van der Waals surface area contributed by atoms with Crippen LogP contribution in [0.1, 0.15) is 30.1 Å². The van der Waals surface area contributed by atoms with Gasteiger partial charge in [0.25, 0.3) is 0 Å². The summed E-state index contributed by atoms with van der Waals surface area (Å²) in [7, 11) is 0. The van der Waals surface area contributed by atoms with Gasteiger partial charge in [0.05, 0.1) is 6.54 Å². The van der Waals surface area contributed by atoms with Crippen molar-refractivity contribution >= 4 is 5.91 Å². The molecule has 1 heterocycles. The highest BCUT2D eigenvalue weighted by Gasteiger charge is 2.10. The van der Waals surface area contributed by atoms with Crippen LogP contribution >= 0.6 is 0 Å². The second kappa shape index (κ2) is 6.29. The van der Waals surface area contributed by atoms with Gasteiger partial charge in [0.1, 0.15) is 0 Å². The van der Waals surface area contributed by atoms with E-state index in [4.69, 9.17) is 10.3 Å². The summed E-state index contributed by atoms with van der Waals surface area (Å²) in [5, 5.41) is 7.13. The Morgan fingerprint density at radius 3 is 2.95 bits per heavy atom. The van der Waals surface area contributed by atoms with Crippen molar-refractivity contribution in [2.24, 2.45) is 11.7 Å². The maximum atomic E-state index is 11.1. The monoisotopic (exact) mass is 274 g/mol. The molecular formula is C14H18N4O2. The van der Waals surface area contributed by atoms with Crippen molar-refractivity contribution < 1.29 is 9.32 Å². The fraction of sp³-hybridized carbons (Fsp3) is 0.357. The average Bonchev–Trinajstić information content (AvgIpc) is 2.87. The van der Waals surface area contributed by atoms with E-state index in [0.717, 1.165) is 6.54 Å². The molecule has 0 saturated carbocycles. The zero-order valence-electron chi connectivity index (χ0n) is 11.6. The van der Waals surface area contributed by atoms with Crippen LogP contribution in [0.25, 0.3) is 11.4 Å². The Bertz CT molecular complexity index is 592. The molecule has 0 unspecified atom stereocenters. The molecule has 0 saturated heterocycles. The lowest BCUT2D eigenvalue weighted by Crippen LogP contribution is -2.19. The van der Waals surface area contributed by atoms with Gasteiger partial charge in [-0.1, -0.05) is 31.1 Å². The summed E-state index contributed by atoms with van der Waals surface area (Å²) in [4.78, 5) is 15.4. The third-order valence-corrected chi connectivity index (χ3v) is 2.70. The summed E-state index contributed by atoms with van der Waals surface area (Å²) < 4.78 is 5.16. The van der Waals surface area contributed by atoms with E-state index < -0.39 is 5.91 Å². The van der Waals surface area contributed by atoms with E-state index in [1.54, 1.807) is 18.2 Å². The number of hydrogen-bond donors (Lipinski definition) is 2. The van der Waals surface area contributed by atoms with Gasteiger partial charge in [-0.05, 0) is 24.6 Å². The third kappa shape index (κ3) is 3.64. The van der Waals surface area contributed by atoms with Crippen molar-refractivity contribution in [3.63, 3.8) is 0 Å². The lowest BCUT2D eigenvalue weighted by atomic mass is 10.1. The second-order valence-electron chi connectivity index (χ2n) is 4.98. The fourth-order valence-electron chi connectivity index (χ4n) is 1.72. The molecule has 0 atom stereocenters. The first-order chi connectivity index (χ1) is 9.56. The molecule has 0 aliphatic heterocycles. The number of amides is 1. The van der Waals surface area contributed by atoms with Gasteiger partial charge in [0.2, 0.25) is 17.6 Å². The molecule has 0 aliphatic rings. The molecule has 0 aliphatic carbocycles. The highest BCUT2D eigenvalue weighted by Crippen LogP contribution is 2.17. The van der Waals surface area contributed by atoms with Crippen molar-refractivity contribution in [2.45, 2.75) is 20.4 Å². The molecule has 106 valence electrons. The molecule has 2 aromatic rings. The minimum absolute atomic E-state index is 0.423. The van der Waals surface area contributed by atoms with Gasteiger partial charge in [-0.15, -0.1) is 0 Å². The predicted octanol–water partition coefficient (Wildman–Crippen LogP) is 1.58. The topological polar surface area (TPSA) is 94.0 Å². The number of hydrogen-bond acceptors (Lipinski definition) is 5. The van der Waals surface area contributed by atoms with Gasteiger partial charge in [0, 0.05) is 11.1 Å². The van der Waals surface area contributed by atoms with Crippen LogP contribution in [-0.2, 0) is 6.54 Å². The number of nitrogens with zero attached hydrogens (tertiary/aromatic N) is 2. The number of benzene rings is 1. The number of carbonyl (C=O) groups is 1. The average molecular weight is 274 g/mol. The number of carbonyl (C=O) groups excluding carboxylic acids is 1. The lowest BCUT2D eigenvalue weighted by molar-refractivity contribution is 0.100. The lowest BCUT2D eigenvalue weighted by Gasteiger charge is -2.03. The Balaban J connectivity index is 2.08. The van der Waals surface area contributed by atoms with E-state index in [9.17, 15) is 4.79 Å². The first kappa shape index (κ1) is 14.2. The largest absolute Gasteiger partial charge is 0.366 e. The summed E-state index contributed by atoms with van der Waals surface area (Å²) in [6.45, 7) is 5.67. The SMILES string of the molecule is CC(C)CNCc1nc(-c2cccc(C(N)=O)c2)no1. The minimum atomic E-state index is -0.478. The van der Waals surface area contributed by atoms with E-state index in [-0.39, 0.29) is 0 Å². The van der Waals surface area contributed by atoms with E-state index in [1.165, 1.54) is 0 Å². The van der Waals surface area contributed by atoms with Crippen LogP contribution in [0.3, 0.4) is 0 Å². The summed E-state index contributed by atoms with van der Waals surface area (Å²) in [6, 6.07) is 6.85. The number of rotatable bonds is 6. The van der Waals surface area contributed by atoms with Crippen LogP contribution in [0.15, 0.2) is 28.8 Å². The molecule has 0 fully saturated rings. The highest BCUT2D eigenvalue weighted by molar-refractivity contribution is 5.93. The molecule has 0 radical (unpaired) electrons. The van der Waals surface area contributed by atoms with Gasteiger partial charge in [0.15, 0.2) is 0 Å². The molecule has 20 heavy (non-hydrogen) atoms. The second-order valence-corrected chi connectivity index (χ2v) is 4.98. The summed E-state index contributed by atoms with van der Waals surface area (Å²) in [6.07, 6.45) is 0. The maximum absolute atomic E-state index is 11.1. The van der Waals surface area contributed by atoms with Gasteiger partial charge < -0.3 is 15.6 Å². The molecule has 1 aromatic heterocycles.